The summed E-state index contributed by atoms with van der Waals surface area (Å²) in [5.41, 5.74) is -2.89. The van der Waals surface area contributed by atoms with Crippen molar-refractivity contribution in [2.45, 2.75) is 207 Å². The maximum atomic E-state index is 9.74. The van der Waals surface area contributed by atoms with Gasteiger partial charge in [0.2, 0.25) is 0 Å². The molecule has 0 radical (unpaired) electrons. The second kappa shape index (κ2) is 19.0. The summed E-state index contributed by atoms with van der Waals surface area (Å²) in [6.45, 7) is 22.9. The van der Waals surface area contributed by atoms with Gasteiger partial charge in [-0.05, 0) is 130 Å². The lowest BCUT2D eigenvalue weighted by molar-refractivity contribution is -0.0737. The van der Waals surface area contributed by atoms with E-state index in [4.69, 9.17) is 0 Å². The molecule has 0 aliphatic heterocycles. The lowest BCUT2D eigenvalue weighted by Crippen LogP contribution is -2.42. The van der Waals surface area contributed by atoms with Crippen LogP contribution in [0.4, 0.5) is 0 Å². The van der Waals surface area contributed by atoms with Crippen molar-refractivity contribution in [3.8, 4) is 0 Å². The third-order valence-electron chi connectivity index (χ3n) is 11.9. The fourth-order valence-electron chi connectivity index (χ4n) is 8.70. The lowest BCUT2D eigenvalue weighted by Gasteiger charge is -2.38. The van der Waals surface area contributed by atoms with Crippen molar-refractivity contribution in [2.24, 2.45) is 47.3 Å². The fourth-order valence-corrected chi connectivity index (χ4v) is 8.70. The molecule has 48 heavy (non-hydrogen) atoms. The molecule has 4 aliphatic carbocycles. The molecule has 0 spiro atoms. The van der Waals surface area contributed by atoms with Gasteiger partial charge in [0.25, 0.3) is 0 Å². The predicted molar refractivity (Wildman–Crippen MR) is 195 cm³/mol. The summed E-state index contributed by atoms with van der Waals surface area (Å²) in [5, 5.41) is 77.8. The van der Waals surface area contributed by atoms with Gasteiger partial charge in [-0.15, -0.1) is 0 Å². The lowest BCUT2D eigenvalue weighted by atomic mass is 9.73. The Bertz CT molecular complexity index is 738. The quantitative estimate of drug-likeness (QED) is 0.173. The molecule has 4 aliphatic rings. The Kier molecular flexibility index (Phi) is 18.0. The van der Waals surface area contributed by atoms with Crippen LogP contribution in [0.1, 0.15) is 160 Å². The first kappa shape index (κ1) is 45.7. The van der Waals surface area contributed by atoms with E-state index in [2.05, 4.69) is 27.7 Å². The monoisotopic (exact) mass is 689 g/mol. The Labute approximate surface area is 294 Å². The largest absolute Gasteiger partial charge is 0.393 e. The third kappa shape index (κ3) is 15.9. The molecule has 8 N–H and O–H groups in total. The molecule has 0 bridgehead atoms. The van der Waals surface area contributed by atoms with Crippen LogP contribution in [0.15, 0.2) is 0 Å². The van der Waals surface area contributed by atoms with Gasteiger partial charge in [0.15, 0.2) is 0 Å². The molecule has 288 valence electrons. The predicted octanol–water partition coefficient (Wildman–Crippen LogP) is 6.22. The van der Waals surface area contributed by atoms with E-state index in [1.54, 1.807) is 55.4 Å². The van der Waals surface area contributed by atoms with Gasteiger partial charge in [0.1, 0.15) is 0 Å². The SMILES string of the molecule is C[C@@H]1CC[C@H](C(C)(C)O)[C@@H](O)C1.C[C@@H]1CC[C@H](C(C)(C)O)[C@H](O)C1.C[C@H]1CC[C@@H](C(C)(C)O)[C@@H](O)C1.C[C@H]1CC[C@@H](C(C)(C)O)[C@H](O)C1. The minimum atomic E-state index is -0.723. The highest BCUT2D eigenvalue weighted by Crippen LogP contribution is 2.38. The van der Waals surface area contributed by atoms with Gasteiger partial charge in [-0.3, -0.25) is 0 Å². The number of hydrogen-bond acceptors (Lipinski definition) is 8. The number of aliphatic hydroxyl groups excluding tert-OH is 4. The Morgan fingerprint density at radius 1 is 0.312 bits per heavy atom. The van der Waals surface area contributed by atoms with Crippen LogP contribution in [0, 0.1) is 47.3 Å². The van der Waals surface area contributed by atoms with Crippen molar-refractivity contribution in [1.82, 2.24) is 0 Å². The van der Waals surface area contributed by atoms with Gasteiger partial charge in [-0.25, -0.2) is 0 Å². The van der Waals surface area contributed by atoms with Crippen molar-refractivity contribution in [2.75, 3.05) is 0 Å². The molecular weight excluding hydrogens is 608 g/mol. The van der Waals surface area contributed by atoms with E-state index >= 15 is 0 Å². The van der Waals surface area contributed by atoms with Gasteiger partial charge in [0, 0.05) is 23.7 Å². The first-order chi connectivity index (χ1) is 21.6. The van der Waals surface area contributed by atoms with Crippen LogP contribution in [-0.2, 0) is 0 Å². The molecule has 0 saturated heterocycles. The zero-order valence-electron chi connectivity index (χ0n) is 33.0. The highest BCUT2D eigenvalue weighted by Gasteiger charge is 2.39. The van der Waals surface area contributed by atoms with E-state index < -0.39 is 22.4 Å². The maximum absolute atomic E-state index is 9.74. The Morgan fingerprint density at radius 2 is 0.458 bits per heavy atom. The molecule has 4 saturated carbocycles. The van der Waals surface area contributed by atoms with E-state index in [9.17, 15) is 40.9 Å². The van der Waals surface area contributed by atoms with Crippen molar-refractivity contribution >= 4 is 0 Å². The zero-order valence-corrected chi connectivity index (χ0v) is 33.0. The Morgan fingerprint density at radius 3 is 0.562 bits per heavy atom. The number of hydrogen-bond donors (Lipinski definition) is 8. The standard InChI is InChI=1S/4C10H20O2/c4*1-7-4-5-8(9(11)6-7)10(2,3)12/h4*7-9,11-12H,4-6H2,1-3H3/t2*7-,8+,9+;2*7-,8+,9-/m1010/s1. The van der Waals surface area contributed by atoms with E-state index in [0.717, 1.165) is 77.0 Å². The average molecular weight is 689 g/mol. The molecular formula is C40H80O8. The van der Waals surface area contributed by atoms with E-state index in [-0.39, 0.29) is 48.1 Å². The molecule has 4 rings (SSSR count). The summed E-state index contributed by atoms with van der Waals surface area (Å²) in [6.07, 6.45) is 10.4. The van der Waals surface area contributed by atoms with Crippen LogP contribution in [-0.4, -0.2) is 87.7 Å². The van der Waals surface area contributed by atoms with Crippen LogP contribution in [0.2, 0.25) is 0 Å². The minimum Gasteiger partial charge on any atom is -0.393 e. The van der Waals surface area contributed by atoms with Crippen molar-refractivity contribution in [3.05, 3.63) is 0 Å². The molecule has 8 heteroatoms. The van der Waals surface area contributed by atoms with Gasteiger partial charge >= 0.3 is 0 Å². The summed E-state index contributed by atoms with van der Waals surface area (Å²) >= 11 is 0. The van der Waals surface area contributed by atoms with Crippen molar-refractivity contribution in [3.63, 3.8) is 0 Å². The molecule has 0 aromatic carbocycles. The summed E-state index contributed by atoms with van der Waals surface area (Å²) < 4.78 is 0. The highest BCUT2D eigenvalue weighted by atomic mass is 16.3. The first-order valence-electron chi connectivity index (χ1n) is 19.3. The molecule has 0 aromatic heterocycles. The molecule has 0 heterocycles. The molecule has 0 aromatic rings. The van der Waals surface area contributed by atoms with Crippen molar-refractivity contribution < 1.29 is 40.9 Å². The smallest absolute Gasteiger partial charge is 0.0644 e. The molecule has 4 fully saturated rings. The van der Waals surface area contributed by atoms with Crippen LogP contribution >= 0.6 is 0 Å². The summed E-state index contributed by atoms with van der Waals surface area (Å²) in [5.74, 6) is 2.69. The number of aliphatic hydroxyl groups is 8. The van der Waals surface area contributed by atoms with Gasteiger partial charge < -0.3 is 40.9 Å². The molecule has 8 nitrogen and oxygen atoms in total. The number of rotatable bonds is 4. The van der Waals surface area contributed by atoms with E-state index in [1.165, 1.54) is 0 Å². The van der Waals surface area contributed by atoms with Crippen LogP contribution in [0.3, 0.4) is 0 Å². The average Bonchev–Trinajstić information content (AvgIpc) is 2.86. The van der Waals surface area contributed by atoms with E-state index in [0.29, 0.717) is 23.7 Å². The van der Waals surface area contributed by atoms with E-state index in [1.807, 2.05) is 0 Å². The second-order valence-corrected chi connectivity index (χ2v) is 19.0. The zero-order chi connectivity index (χ0) is 37.4. The summed E-state index contributed by atoms with van der Waals surface area (Å²) in [4.78, 5) is 0. The topological polar surface area (TPSA) is 162 Å². The van der Waals surface area contributed by atoms with Crippen LogP contribution < -0.4 is 0 Å². The summed E-state index contributed by atoms with van der Waals surface area (Å²) in [7, 11) is 0. The minimum absolute atomic E-state index is 0.0636. The molecule has 0 amide bonds. The first-order valence-corrected chi connectivity index (χ1v) is 19.3. The molecule has 12 atom stereocenters. The van der Waals surface area contributed by atoms with Gasteiger partial charge in [-0.1, -0.05) is 53.4 Å². The normalized spacial score (nSPS) is 38.2. The third-order valence-corrected chi connectivity index (χ3v) is 11.9. The molecule has 0 unspecified atom stereocenters. The van der Waals surface area contributed by atoms with Crippen LogP contribution in [0.5, 0.6) is 0 Å². The fraction of sp³-hybridized carbons (Fsp3) is 1.00. The van der Waals surface area contributed by atoms with Crippen molar-refractivity contribution in [1.29, 1.82) is 0 Å². The highest BCUT2D eigenvalue weighted by molar-refractivity contribution is 4.90. The van der Waals surface area contributed by atoms with Gasteiger partial charge in [-0.2, -0.15) is 0 Å². The van der Waals surface area contributed by atoms with Gasteiger partial charge in [0.05, 0.1) is 46.8 Å². The maximum Gasteiger partial charge on any atom is 0.0644 e. The second-order valence-electron chi connectivity index (χ2n) is 19.0. The summed E-state index contributed by atoms with van der Waals surface area (Å²) in [6, 6.07) is 0. The Balaban J connectivity index is 0.000000320. The Hall–Kier alpha value is -0.320. The van der Waals surface area contributed by atoms with Crippen LogP contribution in [0.25, 0.3) is 0 Å².